The molecule has 6 N–H and O–H groups in total. The third kappa shape index (κ3) is 41.3. The van der Waals surface area contributed by atoms with Gasteiger partial charge in [0.2, 0.25) is 5.91 Å². The zero-order valence-electron chi connectivity index (χ0n) is 46.3. The average molecular weight is 1030 g/mol. The maximum Gasteiger partial charge on any atom is 0.220 e. The fraction of sp³-hybridized carbons (Fsp3) is 0.615. The Morgan fingerprint density at radius 1 is 0.473 bits per heavy atom. The Morgan fingerprint density at radius 3 is 1.30 bits per heavy atom. The summed E-state index contributed by atoms with van der Waals surface area (Å²) in [6, 6.07) is -0.835. The van der Waals surface area contributed by atoms with Crippen molar-refractivity contribution in [1.29, 1.82) is 0 Å². The molecule has 0 aromatic rings. The van der Waals surface area contributed by atoms with Crippen LogP contribution in [0, 0.1) is 0 Å². The van der Waals surface area contributed by atoms with E-state index in [1.807, 2.05) is 6.08 Å². The van der Waals surface area contributed by atoms with E-state index in [1.165, 1.54) is 64.2 Å². The van der Waals surface area contributed by atoms with Gasteiger partial charge in [-0.25, -0.2) is 0 Å². The maximum absolute atomic E-state index is 13.0. The summed E-state index contributed by atoms with van der Waals surface area (Å²) < 4.78 is 11.2. The van der Waals surface area contributed by atoms with Crippen LogP contribution in [-0.2, 0) is 14.3 Å². The second-order valence-corrected chi connectivity index (χ2v) is 19.3. The highest BCUT2D eigenvalue weighted by Gasteiger charge is 2.44. The number of unbranched alkanes of at least 4 members (excludes halogenated alkanes) is 15. The summed E-state index contributed by atoms with van der Waals surface area (Å²) in [7, 11) is 0. The molecule has 418 valence electrons. The Bertz CT molecular complexity index is 1660. The fourth-order valence-electron chi connectivity index (χ4n) is 8.08. The van der Waals surface area contributed by atoms with Gasteiger partial charge in [0.15, 0.2) is 6.29 Å². The molecule has 1 rings (SSSR count). The van der Waals surface area contributed by atoms with E-state index in [4.69, 9.17) is 9.47 Å². The molecule has 0 aliphatic carbocycles. The van der Waals surface area contributed by atoms with Crippen LogP contribution < -0.4 is 5.32 Å². The minimum Gasteiger partial charge on any atom is -0.394 e. The number of carbonyl (C=O) groups is 1. The molecule has 1 aliphatic heterocycles. The van der Waals surface area contributed by atoms with E-state index >= 15 is 0 Å². The Kier molecular flexibility index (Phi) is 48.3. The summed E-state index contributed by atoms with van der Waals surface area (Å²) in [5.74, 6) is -0.204. The summed E-state index contributed by atoms with van der Waals surface area (Å²) in [5, 5.41) is 54.3. The Labute approximate surface area is 451 Å². The fourth-order valence-corrected chi connectivity index (χ4v) is 8.08. The molecule has 1 amide bonds. The van der Waals surface area contributed by atoms with Crippen LogP contribution in [0.4, 0.5) is 0 Å². The lowest BCUT2D eigenvalue weighted by molar-refractivity contribution is -0.302. The van der Waals surface area contributed by atoms with Crippen LogP contribution in [0.2, 0.25) is 0 Å². The van der Waals surface area contributed by atoms with Crippen molar-refractivity contribution in [1.82, 2.24) is 5.32 Å². The zero-order chi connectivity index (χ0) is 53.6. The Hall–Kier alpha value is -3.93. The topological polar surface area (TPSA) is 149 Å². The van der Waals surface area contributed by atoms with E-state index in [1.54, 1.807) is 6.08 Å². The molecule has 0 aromatic heterocycles. The van der Waals surface area contributed by atoms with Crippen molar-refractivity contribution in [3.8, 4) is 0 Å². The Balaban J connectivity index is 2.17. The van der Waals surface area contributed by atoms with Crippen LogP contribution in [0.3, 0.4) is 0 Å². The molecule has 0 saturated carbocycles. The van der Waals surface area contributed by atoms with Gasteiger partial charge in [0, 0.05) is 6.42 Å². The van der Waals surface area contributed by atoms with Crippen LogP contribution in [0.5, 0.6) is 0 Å². The van der Waals surface area contributed by atoms with Gasteiger partial charge in [-0.15, -0.1) is 0 Å². The van der Waals surface area contributed by atoms with Crippen molar-refractivity contribution in [2.24, 2.45) is 0 Å². The standard InChI is InChI=1S/C65H105NO8/c1-3-5-7-9-11-13-15-17-18-19-20-21-22-23-24-25-26-27-28-29-30-31-32-33-34-35-36-37-38-39-40-41-42-43-45-47-49-51-53-55-61(69)66-58(57-73-65-64(72)63(71)62(70)60(56-67)74-65)59(68)54-52-50-48-46-44-16-14-12-10-8-6-4-2/h5,7,11,13,17-18,20-21,23-24,26-27,29-30,32-33,35-36,38-39,44,46,52,54,58-60,62-65,67-68,70-72H,3-4,6,8-10,12,14-16,19,22,25,28,31,34,37,40-43,45,47-51,53,55-57H2,1-2H3,(H,66,69)/b7-5-,13-11-,18-17-,21-20-,24-23-,27-26-,30-29-,33-32-,36-35-,39-38-,46-44+,54-52+. The average Bonchev–Trinajstić information content (AvgIpc) is 3.40. The highest BCUT2D eigenvalue weighted by Crippen LogP contribution is 2.22. The van der Waals surface area contributed by atoms with Gasteiger partial charge < -0.3 is 40.3 Å². The summed E-state index contributed by atoms with van der Waals surface area (Å²) in [6.45, 7) is 3.60. The first-order valence-electron chi connectivity index (χ1n) is 29.1. The van der Waals surface area contributed by atoms with E-state index in [0.717, 1.165) is 116 Å². The molecule has 7 atom stereocenters. The number of hydrogen-bond acceptors (Lipinski definition) is 8. The second-order valence-electron chi connectivity index (χ2n) is 19.3. The normalized spacial score (nSPS) is 20.1. The molecule has 74 heavy (non-hydrogen) atoms. The first-order valence-corrected chi connectivity index (χ1v) is 29.1. The SMILES string of the molecule is CC/C=C\C/C=C\C/C=C\C/C=C\C/C=C\C/C=C\C/C=C\C/C=C\C/C=C\C/C=C\CCCCCCCCCCC(=O)NC(COC1OC(CO)C(O)C(O)C1O)C(O)/C=C/CC/C=C/CCCCCCCC. The number of rotatable bonds is 47. The number of aliphatic hydroxyl groups excluding tert-OH is 5. The number of allylic oxidation sites excluding steroid dienone is 23. The molecule has 9 heteroatoms. The monoisotopic (exact) mass is 1030 g/mol. The summed E-state index contributed by atoms with van der Waals surface area (Å²) in [6.07, 6.45) is 74.9. The quantitative estimate of drug-likeness (QED) is 0.0261. The highest BCUT2D eigenvalue weighted by molar-refractivity contribution is 5.76. The molecule has 1 fully saturated rings. The van der Waals surface area contributed by atoms with Crippen LogP contribution in [0.1, 0.15) is 200 Å². The molecule has 7 unspecified atom stereocenters. The summed E-state index contributed by atoms with van der Waals surface area (Å²) >= 11 is 0. The number of nitrogens with one attached hydrogen (secondary N) is 1. The number of amides is 1. The molecular weight excluding hydrogens is 923 g/mol. The molecule has 0 spiro atoms. The third-order valence-corrected chi connectivity index (χ3v) is 12.6. The smallest absolute Gasteiger partial charge is 0.220 e. The summed E-state index contributed by atoms with van der Waals surface area (Å²) in [5.41, 5.74) is 0. The van der Waals surface area contributed by atoms with Gasteiger partial charge >= 0.3 is 0 Å². The van der Waals surface area contributed by atoms with Crippen molar-refractivity contribution in [2.45, 2.75) is 243 Å². The minimum atomic E-state index is -1.58. The van der Waals surface area contributed by atoms with Crippen LogP contribution in [-0.4, -0.2) is 87.5 Å². The highest BCUT2D eigenvalue weighted by atomic mass is 16.7. The molecule has 1 aliphatic rings. The van der Waals surface area contributed by atoms with Crippen molar-refractivity contribution in [2.75, 3.05) is 13.2 Å². The minimum absolute atomic E-state index is 0.204. The number of aliphatic hydroxyl groups is 5. The lowest BCUT2D eigenvalue weighted by atomic mass is 9.99. The van der Waals surface area contributed by atoms with E-state index < -0.39 is 49.5 Å². The van der Waals surface area contributed by atoms with Gasteiger partial charge in [0.05, 0.1) is 25.4 Å². The largest absolute Gasteiger partial charge is 0.394 e. The maximum atomic E-state index is 13.0. The van der Waals surface area contributed by atoms with Gasteiger partial charge in [-0.05, 0) is 109 Å². The zero-order valence-corrected chi connectivity index (χ0v) is 46.3. The van der Waals surface area contributed by atoms with Crippen molar-refractivity contribution in [3.05, 3.63) is 146 Å². The van der Waals surface area contributed by atoms with Crippen molar-refractivity contribution >= 4 is 5.91 Å². The number of ether oxygens (including phenoxy) is 2. The number of hydrogen-bond donors (Lipinski definition) is 6. The molecule has 0 aromatic carbocycles. The Morgan fingerprint density at radius 2 is 0.851 bits per heavy atom. The molecule has 1 heterocycles. The third-order valence-electron chi connectivity index (χ3n) is 12.6. The van der Waals surface area contributed by atoms with Crippen LogP contribution >= 0.6 is 0 Å². The lowest BCUT2D eigenvalue weighted by Gasteiger charge is -2.40. The van der Waals surface area contributed by atoms with E-state index in [0.29, 0.717) is 6.42 Å². The van der Waals surface area contributed by atoms with Crippen LogP contribution in [0.25, 0.3) is 0 Å². The molecule has 0 bridgehead atoms. The predicted molar refractivity (Wildman–Crippen MR) is 313 cm³/mol. The van der Waals surface area contributed by atoms with Crippen molar-refractivity contribution < 1.29 is 39.8 Å². The lowest BCUT2D eigenvalue weighted by Crippen LogP contribution is -2.60. The van der Waals surface area contributed by atoms with Gasteiger partial charge in [-0.2, -0.15) is 0 Å². The first kappa shape index (κ1) is 68.1. The molecular formula is C65H105NO8. The molecule has 1 saturated heterocycles. The second kappa shape index (κ2) is 52.5. The summed E-state index contributed by atoms with van der Waals surface area (Å²) in [4.78, 5) is 13.0. The van der Waals surface area contributed by atoms with Gasteiger partial charge in [0.25, 0.3) is 0 Å². The molecule has 0 radical (unpaired) electrons. The van der Waals surface area contributed by atoms with Crippen LogP contribution in [0.15, 0.2) is 146 Å². The number of carbonyl (C=O) groups excluding carboxylic acids is 1. The molecule has 9 nitrogen and oxygen atoms in total. The van der Waals surface area contributed by atoms with Gasteiger partial charge in [-0.3, -0.25) is 4.79 Å². The van der Waals surface area contributed by atoms with Gasteiger partial charge in [-0.1, -0.05) is 230 Å². The predicted octanol–water partition coefficient (Wildman–Crippen LogP) is 14.7. The van der Waals surface area contributed by atoms with Crippen molar-refractivity contribution in [3.63, 3.8) is 0 Å². The van der Waals surface area contributed by atoms with E-state index in [2.05, 4.69) is 153 Å². The van der Waals surface area contributed by atoms with E-state index in [-0.39, 0.29) is 12.5 Å². The van der Waals surface area contributed by atoms with Gasteiger partial charge in [0.1, 0.15) is 24.4 Å². The van der Waals surface area contributed by atoms with E-state index in [9.17, 15) is 30.3 Å². The first-order chi connectivity index (χ1) is 36.3.